The van der Waals surface area contributed by atoms with E-state index in [2.05, 4.69) is 27.1 Å². The van der Waals surface area contributed by atoms with Crippen molar-refractivity contribution in [2.45, 2.75) is 0 Å². The molecule has 1 aromatic carbocycles. The van der Waals surface area contributed by atoms with Gasteiger partial charge in [-0.25, -0.2) is 8.42 Å². The Hall–Kier alpha value is -0.790. The molecule has 0 amide bonds. The number of rotatable bonds is 0. The molecule has 0 heterocycles. The van der Waals surface area contributed by atoms with E-state index in [1.54, 1.807) is 12.1 Å². The lowest BCUT2D eigenvalue weighted by atomic mass is 10.2. The lowest BCUT2D eigenvalue weighted by Crippen LogP contribution is -1.88. The van der Waals surface area contributed by atoms with Gasteiger partial charge in [-0.3, -0.25) is 0 Å². The second kappa shape index (κ2) is 3.95. The molecule has 0 atom stereocenters. The lowest BCUT2D eigenvalue weighted by Gasteiger charge is -1.89. The summed E-state index contributed by atoms with van der Waals surface area (Å²) in [5.41, 5.74) is 0.689. The monoisotopic (exact) mass is 258 g/mol. The standard InChI is InChI=1S/C9H7BrO2S/c1-13(11,12)7-6-8-2-4-9(10)5-3-8/h2-5H,1H3. The van der Waals surface area contributed by atoms with Crippen molar-refractivity contribution in [3.63, 3.8) is 0 Å². The van der Waals surface area contributed by atoms with Crippen molar-refractivity contribution in [2.24, 2.45) is 0 Å². The van der Waals surface area contributed by atoms with Crippen LogP contribution in [0.5, 0.6) is 0 Å². The van der Waals surface area contributed by atoms with Gasteiger partial charge < -0.3 is 0 Å². The first-order valence-electron chi connectivity index (χ1n) is 3.46. The van der Waals surface area contributed by atoms with Gasteiger partial charge in [0.25, 0.3) is 0 Å². The predicted octanol–water partition coefficient (Wildman–Crippen LogP) is 1.80. The van der Waals surface area contributed by atoms with Crippen molar-refractivity contribution in [3.05, 3.63) is 34.3 Å². The molecular weight excluding hydrogens is 252 g/mol. The molecule has 0 aliphatic rings. The summed E-state index contributed by atoms with van der Waals surface area (Å²) in [5.74, 6) is 2.55. The van der Waals surface area contributed by atoms with E-state index >= 15 is 0 Å². The van der Waals surface area contributed by atoms with Crippen LogP contribution in [0.1, 0.15) is 5.56 Å². The number of hydrogen-bond acceptors (Lipinski definition) is 2. The van der Waals surface area contributed by atoms with Crippen LogP contribution in [-0.4, -0.2) is 14.7 Å². The number of benzene rings is 1. The molecule has 0 saturated carbocycles. The Morgan fingerprint density at radius 2 is 1.77 bits per heavy atom. The van der Waals surface area contributed by atoms with E-state index in [9.17, 15) is 8.42 Å². The topological polar surface area (TPSA) is 34.1 Å². The van der Waals surface area contributed by atoms with Crippen molar-refractivity contribution >= 4 is 25.8 Å². The molecular formula is C9H7BrO2S. The summed E-state index contributed by atoms with van der Waals surface area (Å²) in [6, 6.07) is 7.13. The molecule has 0 fully saturated rings. The minimum Gasteiger partial charge on any atom is -0.216 e. The summed E-state index contributed by atoms with van der Waals surface area (Å²) in [5, 5.41) is 2.16. The van der Waals surface area contributed by atoms with Gasteiger partial charge in [0.2, 0.25) is 9.84 Å². The van der Waals surface area contributed by atoms with Gasteiger partial charge in [-0.1, -0.05) is 21.9 Å². The average molecular weight is 259 g/mol. The highest BCUT2D eigenvalue weighted by molar-refractivity contribution is 9.10. The fraction of sp³-hybridized carbons (Fsp3) is 0.111. The Balaban J connectivity index is 2.98. The summed E-state index contributed by atoms with van der Waals surface area (Å²) < 4.78 is 22.3. The Morgan fingerprint density at radius 1 is 1.23 bits per heavy atom. The second-order valence-corrected chi connectivity index (χ2v) is 5.17. The highest BCUT2D eigenvalue weighted by atomic mass is 79.9. The number of sulfone groups is 1. The summed E-state index contributed by atoms with van der Waals surface area (Å²) in [7, 11) is -3.21. The molecule has 1 aromatic rings. The van der Waals surface area contributed by atoms with Crippen LogP contribution in [-0.2, 0) is 9.84 Å². The smallest absolute Gasteiger partial charge is 0.214 e. The molecule has 0 radical (unpaired) electrons. The van der Waals surface area contributed by atoms with Crippen LogP contribution in [0.3, 0.4) is 0 Å². The third-order valence-electron chi connectivity index (χ3n) is 1.22. The van der Waals surface area contributed by atoms with Crippen molar-refractivity contribution in [1.29, 1.82) is 0 Å². The summed E-state index contributed by atoms with van der Waals surface area (Å²) in [4.78, 5) is 0. The summed E-state index contributed by atoms with van der Waals surface area (Å²) in [6.45, 7) is 0. The Labute approximate surface area is 86.0 Å². The van der Waals surface area contributed by atoms with Crippen LogP contribution in [0.2, 0.25) is 0 Å². The quantitative estimate of drug-likeness (QED) is 0.666. The predicted molar refractivity (Wildman–Crippen MR) is 55.9 cm³/mol. The molecule has 4 heteroatoms. The zero-order valence-electron chi connectivity index (χ0n) is 6.91. The van der Waals surface area contributed by atoms with Crippen molar-refractivity contribution in [3.8, 4) is 11.2 Å². The zero-order chi connectivity index (χ0) is 9.90. The Morgan fingerprint density at radius 3 is 2.23 bits per heavy atom. The maximum atomic E-state index is 10.7. The summed E-state index contributed by atoms with van der Waals surface area (Å²) in [6.07, 6.45) is 1.08. The maximum Gasteiger partial charge on any atom is 0.214 e. The molecule has 0 aromatic heterocycles. The minimum atomic E-state index is -3.21. The normalized spacial score (nSPS) is 10.3. The van der Waals surface area contributed by atoms with Crippen molar-refractivity contribution in [1.82, 2.24) is 0 Å². The maximum absolute atomic E-state index is 10.7. The van der Waals surface area contributed by atoms with E-state index in [4.69, 9.17) is 0 Å². The van der Waals surface area contributed by atoms with Crippen LogP contribution >= 0.6 is 15.9 Å². The van der Waals surface area contributed by atoms with Gasteiger partial charge in [-0.15, -0.1) is 0 Å². The molecule has 0 spiro atoms. The first kappa shape index (κ1) is 10.3. The van der Waals surface area contributed by atoms with E-state index in [-0.39, 0.29) is 0 Å². The van der Waals surface area contributed by atoms with Gasteiger partial charge in [0.05, 0.1) is 6.26 Å². The van der Waals surface area contributed by atoms with E-state index < -0.39 is 9.84 Å². The van der Waals surface area contributed by atoms with Crippen LogP contribution in [0.25, 0.3) is 0 Å². The summed E-state index contributed by atoms with van der Waals surface area (Å²) >= 11 is 3.27. The average Bonchev–Trinajstić information content (AvgIpc) is 2.02. The lowest BCUT2D eigenvalue weighted by molar-refractivity contribution is 0.611. The molecule has 13 heavy (non-hydrogen) atoms. The van der Waals surface area contributed by atoms with Gasteiger partial charge in [-0.05, 0) is 24.3 Å². The highest BCUT2D eigenvalue weighted by Crippen LogP contribution is 2.09. The Kier molecular flexibility index (Phi) is 3.12. The third kappa shape index (κ3) is 4.11. The SMILES string of the molecule is CS(=O)(=O)C#Cc1ccc(Br)cc1. The molecule has 0 N–H and O–H groups in total. The molecule has 1 rings (SSSR count). The number of hydrogen-bond donors (Lipinski definition) is 0. The first-order valence-corrected chi connectivity index (χ1v) is 6.14. The van der Waals surface area contributed by atoms with E-state index in [0.29, 0.717) is 5.56 Å². The largest absolute Gasteiger partial charge is 0.216 e. The molecule has 0 bridgehead atoms. The molecule has 2 nitrogen and oxygen atoms in total. The fourth-order valence-corrected chi connectivity index (χ4v) is 1.25. The van der Waals surface area contributed by atoms with Gasteiger partial charge in [0.1, 0.15) is 0 Å². The van der Waals surface area contributed by atoms with Gasteiger partial charge in [0.15, 0.2) is 0 Å². The van der Waals surface area contributed by atoms with Crippen LogP contribution in [0, 0.1) is 11.2 Å². The third-order valence-corrected chi connectivity index (χ3v) is 2.23. The molecule has 0 unspecified atom stereocenters. The van der Waals surface area contributed by atoms with E-state index in [0.717, 1.165) is 10.7 Å². The number of halogens is 1. The van der Waals surface area contributed by atoms with Crippen molar-refractivity contribution < 1.29 is 8.42 Å². The zero-order valence-corrected chi connectivity index (χ0v) is 9.31. The van der Waals surface area contributed by atoms with Gasteiger partial charge >= 0.3 is 0 Å². The van der Waals surface area contributed by atoms with E-state index in [1.165, 1.54) is 0 Å². The van der Waals surface area contributed by atoms with Crippen LogP contribution < -0.4 is 0 Å². The van der Waals surface area contributed by atoms with Gasteiger partial charge in [0, 0.05) is 15.3 Å². The van der Waals surface area contributed by atoms with Crippen LogP contribution in [0.15, 0.2) is 28.7 Å². The molecule has 0 saturated heterocycles. The van der Waals surface area contributed by atoms with Crippen molar-refractivity contribution in [2.75, 3.05) is 6.26 Å². The van der Waals surface area contributed by atoms with Gasteiger partial charge in [-0.2, -0.15) is 0 Å². The highest BCUT2D eigenvalue weighted by Gasteiger charge is 1.92. The molecule has 0 aliphatic heterocycles. The molecule has 0 aliphatic carbocycles. The second-order valence-electron chi connectivity index (χ2n) is 2.51. The fourth-order valence-electron chi connectivity index (χ4n) is 0.685. The molecule has 68 valence electrons. The Bertz CT molecular complexity index is 449. The minimum absolute atomic E-state index is 0.689. The first-order chi connectivity index (χ1) is 5.97. The van der Waals surface area contributed by atoms with Crippen LogP contribution in [0.4, 0.5) is 0 Å². The van der Waals surface area contributed by atoms with E-state index in [1.807, 2.05) is 12.1 Å².